The van der Waals surface area contributed by atoms with Gasteiger partial charge in [-0.1, -0.05) is 60.4 Å². The zero-order valence-corrected chi connectivity index (χ0v) is 19.5. The Morgan fingerprint density at radius 3 is 2.43 bits per heavy atom. The molecule has 0 aromatic heterocycles. The number of carbonyl (C=O) groups excluding carboxylic acids is 2. The maximum Gasteiger partial charge on any atom is 0.416 e. The Kier molecular flexibility index (Phi) is 7.23. The average molecular weight is 515 g/mol. The van der Waals surface area contributed by atoms with Crippen LogP contribution in [0.5, 0.6) is 5.75 Å². The fourth-order valence-electron chi connectivity index (χ4n) is 3.19. The van der Waals surface area contributed by atoms with Gasteiger partial charge in [-0.2, -0.15) is 13.2 Å². The maximum atomic E-state index is 13.1. The summed E-state index contributed by atoms with van der Waals surface area (Å²) in [6, 6.07) is 20.2. The monoisotopic (exact) mass is 514 g/mol. The van der Waals surface area contributed by atoms with Gasteiger partial charge in [0.1, 0.15) is 5.75 Å². The van der Waals surface area contributed by atoms with Crippen molar-refractivity contribution in [2.24, 2.45) is 0 Å². The molecule has 1 fully saturated rings. The van der Waals surface area contributed by atoms with Crippen LogP contribution >= 0.6 is 24.0 Å². The zero-order chi connectivity index (χ0) is 25.0. The Morgan fingerprint density at radius 1 is 1.03 bits per heavy atom. The van der Waals surface area contributed by atoms with Crippen molar-refractivity contribution in [3.8, 4) is 5.75 Å². The lowest BCUT2D eigenvalue weighted by atomic mass is 10.1. The van der Waals surface area contributed by atoms with E-state index in [1.807, 2.05) is 18.2 Å². The van der Waals surface area contributed by atoms with Crippen LogP contribution in [0.4, 0.5) is 24.5 Å². The van der Waals surface area contributed by atoms with Gasteiger partial charge in [0.25, 0.3) is 11.8 Å². The van der Waals surface area contributed by atoms with Crippen molar-refractivity contribution < 1.29 is 27.5 Å². The van der Waals surface area contributed by atoms with Gasteiger partial charge in [0, 0.05) is 5.69 Å². The Morgan fingerprint density at radius 2 is 1.74 bits per heavy atom. The van der Waals surface area contributed by atoms with Crippen molar-refractivity contribution >= 4 is 57.6 Å². The number of thiocarbonyl (C=S) groups is 1. The molecule has 10 heteroatoms. The van der Waals surface area contributed by atoms with Crippen molar-refractivity contribution in [1.29, 1.82) is 0 Å². The summed E-state index contributed by atoms with van der Waals surface area (Å²) in [7, 11) is 0. The standard InChI is InChI=1S/C25H17F3N2O3S2/c26-25(27,28)17-5-4-8-19(14-17)30-23(32)21(35-24(30)34)13-16-9-11-20(12-10-16)33-15-22(31)29-18-6-2-1-3-7-18/h1-14H,15H2,(H,29,31)/b21-13-. The van der Waals surface area contributed by atoms with E-state index in [2.05, 4.69) is 5.32 Å². The van der Waals surface area contributed by atoms with Crippen LogP contribution in [0.15, 0.2) is 83.8 Å². The van der Waals surface area contributed by atoms with E-state index in [0.29, 0.717) is 17.0 Å². The minimum atomic E-state index is -4.53. The Labute approximate surface area is 208 Å². The SMILES string of the molecule is O=C(COc1ccc(/C=C2\SC(=S)N(c3cccc(C(F)(F)F)c3)C2=O)cc1)Nc1ccccc1. The number of halogens is 3. The first-order valence-electron chi connectivity index (χ1n) is 10.2. The molecular weight excluding hydrogens is 497 g/mol. The molecule has 3 aromatic rings. The van der Waals surface area contributed by atoms with E-state index in [9.17, 15) is 22.8 Å². The summed E-state index contributed by atoms with van der Waals surface area (Å²) in [5.41, 5.74) is 0.527. The number of amides is 2. The first kappa shape index (κ1) is 24.5. The summed E-state index contributed by atoms with van der Waals surface area (Å²) in [5.74, 6) is -0.349. The van der Waals surface area contributed by atoms with E-state index >= 15 is 0 Å². The normalized spacial score (nSPS) is 14.9. The highest BCUT2D eigenvalue weighted by atomic mass is 32.2. The third-order valence-corrected chi connectivity index (χ3v) is 6.13. The molecule has 1 aliphatic rings. The molecule has 5 nitrogen and oxygen atoms in total. The number of nitrogens with zero attached hydrogens (tertiary/aromatic N) is 1. The van der Waals surface area contributed by atoms with Crippen molar-refractivity contribution in [2.45, 2.75) is 6.18 Å². The number of rotatable bonds is 6. The Bertz CT molecular complexity index is 1290. The lowest BCUT2D eigenvalue weighted by Crippen LogP contribution is -2.27. The third kappa shape index (κ3) is 6.09. The number of thioether (sulfide) groups is 1. The third-order valence-electron chi connectivity index (χ3n) is 4.83. The summed E-state index contributed by atoms with van der Waals surface area (Å²) >= 11 is 6.25. The van der Waals surface area contributed by atoms with Gasteiger partial charge in [-0.25, -0.2) is 0 Å². The smallest absolute Gasteiger partial charge is 0.416 e. The average Bonchev–Trinajstić information content (AvgIpc) is 3.11. The number of anilines is 2. The quantitative estimate of drug-likeness (QED) is 0.317. The van der Waals surface area contributed by atoms with Crippen LogP contribution in [0, 0.1) is 0 Å². The van der Waals surface area contributed by atoms with Gasteiger partial charge < -0.3 is 10.1 Å². The van der Waals surface area contributed by atoms with E-state index in [1.54, 1.807) is 42.5 Å². The Balaban J connectivity index is 1.40. The molecule has 1 heterocycles. The molecule has 0 saturated carbocycles. The van der Waals surface area contributed by atoms with Gasteiger partial charge in [-0.3, -0.25) is 14.5 Å². The summed E-state index contributed by atoms with van der Waals surface area (Å²) in [6.45, 7) is -0.177. The minimum absolute atomic E-state index is 0.0586. The number of carbonyl (C=O) groups is 2. The van der Waals surface area contributed by atoms with Gasteiger partial charge in [-0.15, -0.1) is 0 Å². The van der Waals surface area contributed by atoms with E-state index in [1.165, 1.54) is 12.1 Å². The molecule has 1 saturated heterocycles. The number of para-hydroxylation sites is 1. The second kappa shape index (κ2) is 10.3. The molecule has 0 spiro atoms. The number of nitrogens with one attached hydrogen (secondary N) is 1. The summed E-state index contributed by atoms with van der Waals surface area (Å²) in [4.78, 5) is 26.3. The molecule has 178 valence electrons. The highest BCUT2D eigenvalue weighted by molar-refractivity contribution is 8.27. The number of hydrogen-bond acceptors (Lipinski definition) is 5. The van der Waals surface area contributed by atoms with Crippen LogP contribution in [-0.4, -0.2) is 22.7 Å². The molecular formula is C25H17F3N2O3S2. The minimum Gasteiger partial charge on any atom is -0.484 e. The molecule has 1 aliphatic heterocycles. The number of benzene rings is 3. The van der Waals surface area contributed by atoms with E-state index in [0.717, 1.165) is 28.8 Å². The molecule has 35 heavy (non-hydrogen) atoms. The summed E-state index contributed by atoms with van der Waals surface area (Å²) in [5, 5.41) is 2.72. The fourth-order valence-corrected chi connectivity index (χ4v) is 4.49. The first-order chi connectivity index (χ1) is 16.7. The molecule has 0 aliphatic carbocycles. The van der Waals surface area contributed by atoms with Crippen LogP contribution in [0.3, 0.4) is 0 Å². The van der Waals surface area contributed by atoms with E-state index in [-0.39, 0.29) is 27.4 Å². The van der Waals surface area contributed by atoms with Gasteiger partial charge in [-0.05, 0) is 54.1 Å². The molecule has 0 bridgehead atoms. The van der Waals surface area contributed by atoms with Crippen LogP contribution in [0.25, 0.3) is 6.08 Å². The Hall–Kier alpha value is -3.63. The second-order valence-corrected chi connectivity index (χ2v) is 9.01. The highest BCUT2D eigenvalue weighted by Gasteiger charge is 2.36. The molecule has 3 aromatic carbocycles. The first-order valence-corrected chi connectivity index (χ1v) is 11.5. The lowest BCUT2D eigenvalue weighted by molar-refractivity contribution is -0.137. The highest BCUT2D eigenvalue weighted by Crippen LogP contribution is 2.38. The number of ether oxygens (including phenoxy) is 1. The zero-order valence-electron chi connectivity index (χ0n) is 17.9. The topological polar surface area (TPSA) is 58.6 Å². The van der Waals surface area contributed by atoms with Gasteiger partial charge in [0.2, 0.25) is 0 Å². The van der Waals surface area contributed by atoms with Gasteiger partial charge in [0.15, 0.2) is 10.9 Å². The van der Waals surface area contributed by atoms with Crippen LogP contribution in [-0.2, 0) is 15.8 Å². The van der Waals surface area contributed by atoms with Crippen molar-refractivity contribution in [2.75, 3.05) is 16.8 Å². The van der Waals surface area contributed by atoms with Gasteiger partial charge >= 0.3 is 6.18 Å². The maximum absolute atomic E-state index is 13.1. The van der Waals surface area contributed by atoms with Crippen molar-refractivity contribution in [3.05, 3.63) is 94.9 Å². The number of hydrogen-bond donors (Lipinski definition) is 1. The van der Waals surface area contributed by atoms with Crippen LogP contribution in [0.1, 0.15) is 11.1 Å². The van der Waals surface area contributed by atoms with Crippen LogP contribution < -0.4 is 15.0 Å². The number of alkyl halides is 3. The summed E-state index contributed by atoms with van der Waals surface area (Å²) in [6.07, 6.45) is -2.93. The van der Waals surface area contributed by atoms with Crippen molar-refractivity contribution in [3.63, 3.8) is 0 Å². The molecule has 0 unspecified atom stereocenters. The van der Waals surface area contributed by atoms with E-state index < -0.39 is 17.6 Å². The predicted molar refractivity (Wildman–Crippen MR) is 134 cm³/mol. The second-order valence-electron chi connectivity index (χ2n) is 7.34. The van der Waals surface area contributed by atoms with E-state index in [4.69, 9.17) is 17.0 Å². The predicted octanol–water partition coefficient (Wildman–Crippen LogP) is 6.13. The summed E-state index contributed by atoms with van der Waals surface area (Å²) < 4.78 is 44.8. The molecule has 4 rings (SSSR count). The molecule has 1 N–H and O–H groups in total. The van der Waals surface area contributed by atoms with Gasteiger partial charge in [0.05, 0.1) is 16.2 Å². The molecule has 0 radical (unpaired) electrons. The van der Waals surface area contributed by atoms with Crippen LogP contribution in [0.2, 0.25) is 0 Å². The molecule has 2 amide bonds. The van der Waals surface area contributed by atoms with Crippen molar-refractivity contribution in [1.82, 2.24) is 0 Å². The lowest BCUT2D eigenvalue weighted by Gasteiger charge is -2.16. The fraction of sp³-hybridized carbons (Fsp3) is 0.0800. The largest absolute Gasteiger partial charge is 0.484 e. The molecule has 0 atom stereocenters.